The van der Waals surface area contributed by atoms with E-state index in [1.165, 1.54) is 0 Å². The zero-order valence-corrected chi connectivity index (χ0v) is 13.5. The van der Waals surface area contributed by atoms with E-state index in [9.17, 15) is 4.79 Å². The molecular weight excluding hydrogens is 318 g/mol. The van der Waals surface area contributed by atoms with E-state index in [0.29, 0.717) is 16.0 Å². The Balaban J connectivity index is 2.11. The maximum atomic E-state index is 13.1. The van der Waals surface area contributed by atoms with Gasteiger partial charge in [-0.15, -0.1) is 0 Å². The van der Waals surface area contributed by atoms with Gasteiger partial charge in [-0.25, -0.2) is 0 Å². The SMILES string of the molecule is O=c1c(-c2ccccc2)c(-c2ccc(Cl)cc2)[nH]c2ccccc12. The number of fused-ring (bicyclic) bond motifs is 1. The highest BCUT2D eigenvalue weighted by atomic mass is 35.5. The molecular formula is C21H14ClNO. The lowest BCUT2D eigenvalue weighted by molar-refractivity contribution is 1.37. The van der Waals surface area contributed by atoms with E-state index in [0.717, 1.165) is 22.3 Å². The fraction of sp³-hybridized carbons (Fsp3) is 0. The molecule has 1 aromatic heterocycles. The van der Waals surface area contributed by atoms with Gasteiger partial charge in [0.25, 0.3) is 0 Å². The summed E-state index contributed by atoms with van der Waals surface area (Å²) in [5, 5.41) is 1.36. The van der Waals surface area contributed by atoms with Gasteiger partial charge >= 0.3 is 0 Å². The van der Waals surface area contributed by atoms with Crippen molar-refractivity contribution in [2.75, 3.05) is 0 Å². The first-order chi connectivity index (χ1) is 11.7. The fourth-order valence-electron chi connectivity index (χ4n) is 2.95. The molecule has 0 amide bonds. The van der Waals surface area contributed by atoms with E-state index in [2.05, 4.69) is 4.98 Å². The van der Waals surface area contributed by atoms with Gasteiger partial charge in [0.2, 0.25) is 0 Å². The zero-order valence-electron chi connectivity index (χ0n) is 12.8. The average molecular weight is 332 g/mol. The summed E-state index contributed by atoms with van der Waals surface area (Å²) in [7, 11) is 0. The Labute approximate surface area is 144 Å². The Hall–Kier alpha value is -2.84. The molecule has 3 aromatic carbocycles. The molecule has 24 heavy (non-hydrogen) atoms. The van der Waals surface area contributed by atoms with Crippen molar-refractivity contribution in [3.05, 3.63) is 94.1 Å². The van der Waals surface area contributed by atoms with Gasteiger partial charge in [-0.05, 0) is 35.4 Å². The third-order valence-corrected chi connectivity index (χ3v) is 4.36. The second-order valence-electron chi connectivity index (χ2n) is 5.62. The summed E-state index contributed by atoms with van der Waals surface area (Å²) >= 11 is 6.01. The lowest BCUT2D eigenvalue weighted by atomic mass is 9.97. The molecule has 0 unspecified atom stereocenters. The minimum atomic E-state index is 0.0282. The molecule has 1 N–H and O–H groups in total. The molecule has 2 nitrogen and oxygen atoms in total. The van der Waals surface area contributed by atoms with Crippen LogP contribution in [0.3, 0.4) is 0 Å². The summed E-state index contributed by atoms with van der Waals surface area (Å²) in [6.45, 7) is 0. The van der Waals surface area contributed by atoms with E-state index >= 15 is 0 Å². The topological polar surface area (TPSA) is 32.9 Å². The quantitative estimate of drug-likeness (QED) is 0.515. The van der Waals surface area contributed by atoms with Crippen molar-refractivity contribution in [3.8, 4) is 22.4 Å². The van der Waals surface area contributed by atoms with Crippen LogP contribution in [0.1, 0.15) is 0 Å². The van der Waals surface area contributed by atoms with Crippen LogP contribution < -0.4 is 5.43 Å². The van der Waals surface area contributed by atoms with E-state index in [1.54, 1.807) is 0 Å². The van der Waals surface area contributed by atoms with Crippen LogP contribution in [0.4, 0.5) is 0 Å². The van der Waals surface area contributed by atoms with Gasteiger partial charge in [-0.1, -0.05) is 66.2 Å². The largest absolute Gasteiger partial charge is 0.354 e. The molecule has 0 saturated heterocycles. The smallest absolute Gasteiger partial charge is 0.197 e. The first-order valence-electron chi connectivity index (χ1n) is 7.70. The van der Waals surface area contributed by atoms with Crippen LogP contribution in [0.5, 0.6) is 0 Å². The number of aromatic amines is 1. The number of hydrogen-bond donors (Lipinski definition) is 1. The summed E-state index contributed by atoms with van der Waals surface area (Å²) in [5.41, 5.74) is 4.17. The number of pyridine rings is 1. The van der Waals surface area contributed by atoms with Gasteiger partial charge in [0, 0.05) is 15.9 Å². The van der Waals surface area contributed by atoms with Crippen LogP contribution in [0.2, 0.25) is 5.02 Å². The monoisotopic (exact) mass is 331 g/mol. The number of aromatic nitrogens is 1. The number of para-hydroxylation sites is 1. The third kappa shape index (κ3) is 2.51. The van der Waals surface area contributed by atoms with Crippen molar-refractivity contribution < 1.29 is 0 Å². The molecule has 0 atom stereocenters. The minimum Gasteiger partial charge on any atom is -0.354 e. The summed E-state index contributed by atoms with van der Waals surface area (Å²) in [6.07, 6.45) is 0. The highest BCUT2D eigenvalue weighted by Gasteiger charge is 2.15. The Morgan fingerprint density at radius 1 is 0.708 bits per heavy atom. The number of benzene rings is 3. The van der Waals surface area contributed by atoms with Gasteiger partial charge in [0.1, 0.15) is 0 Å². The Kier molecular flexibility index (Phi) is 3.68. The molecule has 116 valence electrons. The van der Waals surface area contributed by atoms with Crippen LogP contribution in [-0.2, 0) is 0 Å². The van der Waals surface area contributed by atoms with Crippen molar-refractivity contribution >= 4 is 22.5 Å². The normalized spacial score (nSPS) is 10.9. The molecule has 0 saturated carbocycles. The molecule has 4 aromatic rings. The molecule has 3 heteroatoms. The molecule has 4 rings (SSSR count). The van der Waals surface area contributed by atoms with Crippen molar-refractivity contribution in [2.24, 2.45) is 0 Å². The molecule has 0 bridgehead atoms. The Bertz CT molecular complexity index is 1070. The number of nitrogens with one attached hydrogen (secondary N) is 1. The van der Waals surface area contributed by atoms with E-state index in [4.69, 9.17) is 11.6 Å². The van der Waals surface area contributed by atoms with Crippen LogP contribution in [-0.4, -0.2) is 4.98 Å². The van der Waals surface area contributed by atoms with Crippen molar-refractivity contribution in [1.29, 1.82) is 0 Å². The molecule has 0 aliphatic heterocycles. The predicted molar refractivity (Wildman–Crippen MR) is 100 cm³/mol. The van der Waals surface area contributed by atoms with Gasteiger partial charge in [0.05, 0.1) is 11.3 Å². The molecule has 0 spiro atoms. The van der Waals surface area contributed by atoms with Crippen LogP contribution >= 0.6 is 11.6 Å². The second-order valence-corrected chi connectivity index (χ2v) is 6.06. The van der Waals surface area contributed by atoms with E-state index in [1.807, 2.05) is 78.9 Å². The lowest BCUT2D eigenvalue weighted by Crippen LogP contribution is -2.09. The number of halogens is 1. The number of rotatable bonds is 2. The average Bonchev–Trinajstić information content (AvgIpc) is 2.63. The lowest BCUT2D eigenvalue weighted by Gasteiger charge is -2.12. The zero-order chi connectivity index (χ0) is 16.5. The second kappa shape index (κ2) is 5.99. The first kappa shape index (κ1) is 14.7. The van der Waals surface area contributed by atoms with Gasteiger partial charge in [-0.2, -0.15) is 0 Å². The van der Waals surface area contributed by atoms with Crippen LogP contribution in [0.25, 0.3) is 33.3 Å². The predicted octanol–water partition coefficient (Wildman–Crippen LogP) is 5.52. The Morgan fingerprint density at radius 2 is 1.38 bits per heavy atom. The maximum absolute atomic E-state index is 13.1. The molecule has 0 aliphatic rings. The van der Waals surface area contributed by atoms with Gasteiger partial charge < -0.3 is 4.98 Å². The molecule has 1 heterocycles. The van der Waals surface area contributed by atoms with Crippen molar-refractivity contribution in [2.45, 2.75) is 0 Å². The first-order valence-corrected chi connectivity index (χ1v) is 8.08. The Morgan fingerprint density at radius 3 is 2.12 bits per heavy atom. The van der Waals surface area contributed by atoms with E-state index in [-0.39, 0.29) is 5.43 Å². The maximum Gasteiger partial charge on any atom is 0.197 e. The standard InChI is InChI=1S/C21H14ClNO/c22-16-12-10-15(11-13-16)20-19(14-6-2-1-3-7-14)21(24)17-8-4-5-9-18(17)23-20/h1-13H,(H,23,24). The number of H-pyrrole nitrogens is 1. The summed E-state index contributed by atoms with van der Waals surface area (Å²) in [4.78, 5) is 16.6. The minimum absolute atomic E-state index is 0.0282. The van der Waals surface area contributed by atoms with Crippen molar-refractivity contribution in [3.63, 3.8) is 0 Å². The summed E-state index contributed by atoms with van der Waals surface area (Å²) < 4.78 is 0. The third-order valence-electron chi connectivity index (χ3n) is 4.10. The van der Waals surface area contributed by atoms with Crippen LogP contribution in [0, 0.1) is 0 Å². The molecule has 0 radical (unpaired) electrons. The number of hydrogen-bond acceptors (Lipinski definition) is 1. The summed E-state index contributed by atoms with van der Waals surface area (Å²) in [5.74, 6) is 0. The highest BCUT2D eigenvalue weighted by Crippen LogP contribution is 2.30. The highest BCUT2D eigenvalue weighted by molar-refractivity contribution is 6.30. The molecule has 0 fully saturated rings. The van der Waals surface area contributed by atoms with Crippen LogP contribution in [0.15, 0.2) is 83.7 Å². The van der Waals surface area contributed by atoms with E-state index < -0.39 is 0 Å². The van der Waals surface area contributed by atoms with Gasteiger partial charge in [-0.3, -0.25) is 4.79 Å². The fourth-order valence-corrected chi connectivity index (χ4v) is 3.07. The summed E-state index contributed by atoms with van der Waals surface area (Å²) in [6, 6.07) is 24.8. The van der Waals surface area contributed by atoms with Crippen molar-refractivity contribution in [1.82, 2.24) is 4.98 Å². The molecule has 0 aliphatic carbocycles. The van der Waals surface area contributed by atoms with Gasteiger partial charge in [0.15, 0.2) is 5.43 Å².